The highest BCUT2D eigenvalue weighted by molar-refractivity contribution is 14.1. The lowest BCUT2D eigenvalue weighted by molar-refractivity contribution is 0.309. The fraction of sp³-hybridized carbons (Fsp3) is 0.273. The Kier molecular flexibility index (Phi) is 4.68. The molecule has 3 aromatic rings. The number of nitrogens with one attached hydrogen (secondary N) is 1. The van der Waals surface area contributed by atoms with Crippen molar-refractivity contribution in [1.29, 1.82) is 0 Å². The van der Waals surface area contributed by atoms with Gasteiger partial charge in [-0.3, -0.25) is 4.52 Å². The van der Waals surface area contributed by atoms with Crippen LogP contribution in [0.3, 0.4) is 0 Å². The van der Waals surface area contributed by atoms with Gasteiger partial charge in [0.15, 0.2) is 5.69 Å². The second-order valence-corrected chi connectivity index (χ2v) is 6.48. The lowest BCUT2D eigenvalue weighted by Gasteiger charge is -2.05. The molecule has 23 heavy (non-hydrogen) atoms. The average molecular weight is 453 g/mol. The molecule has 0 radical (unpaired) electrons. The molecule has 0 amide bonds. The van der Waals surface area contributed by atoms with Crippen molar-refractivity contribution < 1.29 is 13.6 Å². The van der Waals surface area contributed by atoms with Crippen molar-refractivity contribution in [3.05, 3.63) is 33.7 Å². The first-order valence-electron chi connectivity index (χ1n) is 6.30. The molecule has 0 saturated carbocycles. The Bertz CT molecular complexity index is 853. The number of hydrogen-bond acceptors (Lipinski definition) is 9. The van der Waals surface area contributed by atoms with Crippen molar-refractivity contribution in [1.82, 2.24) is 20.0 Å². The van der Waals surface area contributed by atoms with Gasteiger partial charge >= 0.3 is 5.76 Å². The molecule has 122 valence electrons. The third-order valence-corrected chi connectivity index (χ3v) is 3.43. The summed E-state index contributed by atoms with van der Waals surface area (Å²) in [6.07, 6.45) is 1.36. The van der Waals surface area contributed by atoms with Gasteiger partial charge in [-0.15, -0.1) is 0 Å². The van der Waals surface area contributed by atoms with Gasteiger partial charge in [-0.25, -0.2) is 14.0 Å². The second-order valence-electron chi connectivity index (χ2n) is 4.45. The molecule has 3 rings (SSSR count). The molecule has 10 nitrogen and oxygen atoms in total. The van der Waals surface area contributed by atoms with Crippen LogP contribution in [0, 0.1) is 0 Å². The predicted molar refractivity (Wildman–Crippen MR) is 87.4 cm³/mol. The minimum atomic E-state index is -0.674. The Morgan fingerprint density at radius 3 is 2.96 bits per heavy atom. The topological polar surface area (TPSA) is 138 Å². The molecule has 0 aromatic carbocycles. The monoisotopic (exact) mass is 452 g/mol. The van der Waals surface area contributed by atoms with E-state index in [0.29, 0.717) is 23.1 Å². The SMILES string of the molecule is NC(I)CNc1nonc1-c1noc(=O)n1Cc1cc(Cl)co1. The van der Waals surface area contributed by atoms with Gasteiger partial charge in [0.25, 0.3) is 0 Å². The van der Waals surface area contributed by atoms with E-state index >= 15 is 0 Å². The Hall–Kier alpha value is -1.86. The lowest BCUT2D eigenvalue weighted by atomic mass is 10.3. The number of rotatable bonds is 6. The summed E-state index contributed by atoms with van der Waals surface area (Å²) in [4.78, 5) is 11.9. The number of alkyl halides is 1. The maximum absolute atomic E-state index is 11.9. The second kappa shape index (κ2) is 6.72. The molecule has 3 heterocycles. The minimum absolute atomic E-state index is 0.0719. The molecule has 0 saturated heterocycles. The van der Waals surface area contributed by atoms with Crippen LogP contribution in [0.15, 0.2) is 30.7 Å². The lowest BCUT2D eigenvalue weighted by Crippen LogP contribution is -2.22. The van der Waals surface area contributed by atoms with E-state index in [0.717, 1.165) is 0 Å². The van der Waals surface area contributed by atoms with Crippen LogP contribution in [0.25, 0.3) is 11.5 Å². The molecule has 1 atom stereocenters. The number of halogens is 2. The molecule has 0 bridgehead atoms. The quantitative estimate of drug-likeness (QED) is 0.322. The average Bonchev–Trinajstić information content (AvgIpc) is 3.19. The molecule has 3 aromatic heterocycles. The van der Waals surface area contributed by atoms with E-state index in [4.69, 9.17) is 30.9 Å². The van der Waals surface area contributed by atoms with E-state index in [1.54, 1.807) is 6.07 Å². The molecular weight excluding hydrogens is 443 g/mol. The summed E-state index contributed by atoms with van der Waals surface area (Å²) in [6.45, 7) is 0.500. The third-order valence-electron chi connectivity index (χ3n) is 2.79. The Balaban J connectivity index is 1.92. The number of nitrogens with two attached hydrogens (primary N) is 1. The molecule has 12 heteroatoms. The third kappa shape index (κ3) is 3.56. The van der Waals surface area contributed by atoms with Crippen LogP contribution in [0.2, 0.25) is 5.02 Å². The molecular formula is C11H10ClIN6O4. The molecule has 0 aliphatic rings. The molecule has 1 unspecified atom stereocenters. The summed E-state index contributed by atoms with van der Waals surface area (Å²) in [6, 6.07) is 1.58. The summed E-state index contributed by atoms with van der Waals surface area (Å²) in [7, 11) is 0. The zero-order valence-electron chi connectivity index (χ0n) is 11.4. The van der Waals surface area contributed by atoms with Gasteiger partial charge < -0.3 is 15.5 Å². The highest BCUT2D eigenvalue weighted by Crippen LogP contribution is 2.23. The van der Waals surface area contributed by atoms with Crippen LogP contribution < -0.4 is 16.8 Å². The Morgan fingerprint density at radius 1 is 1.43 bits per heavy atom. The van der Waals surface area contributed by atoms with Crippen LogP contribution in [0.1, 0.15) is 5.76 Å². The van der Waals surface area contributed by atoms with E-state index in [1.165, 1.54) is 10.8 Å². The molecule has 0 spiro atoms. The fourth-order valence-corrected chi connectivity index (χ4v) is 2.20. The van der Waals surface area contributed by atoms with Crippen LogP contribution in [0.5, 0.6) is 0 Å². The van der Waals surface area contributed by atoms with E-state index in [1.807, 2.05) is 22.6 Å². The van der Waals surface area contributed by atoms with Gasteiger partial charge in [-0.2, -0.15) is 0 Å². The smallest absolute Gasteiger partial charge is 0.442 e. The summed E-state index contributed by atoms with van der Waals surface area (Å²) in [5.41, 5.74) is 5.89. The van der Waals surface area contributed by atoms with E-state index in [2.05, 4.69) is 20.8 Å². The highest BCUT2D eigenvalue weighted by Gasteiger charge is 2.22. The molecule has 3 N–H and O–H groups in total. The largest absolute Gasteiger partial charge is 0.466 e. The molecule has 0 aliphatic heterocycles. The first-order chi connectivity index (χ1) is 11.0. The summed E-state index contributed by atoms with van der Waals surface area (Å²) in [5.74, 6) is 0.235. The van der Waals surface area contributed by atoms with Gasteiger partial charge in [0.05, 0.1) is 15.6 Å². The minimum Gasteiger partial charge on any atom is -0.466 e. The number of furan rings is 1. The van der Waals surface area contributed by atoms with Crippen molar-refractivity contribution in [3.63, 3.8) is 0 Å². The van der Waals surface area contributed by atoms with Crippen molar-refractivity contribution in [2.75, 3.05) is 11.9 Å². The number of aromatic nitrogens is 4. The first-order valence-corrected chi connectivity index (χ1v) is 7.93. The van der Waals surface area contributed by atoms with Gasteiger partial charge in [-0.05, 0) is 10.3 Å². The van der Waals surface area contributed by atoms with E-state index in [-0.39, 0.29) is 22.1 Å². The number of nitrogens with zero attached hydrogens (tertiary/aromatic N) is 4. The van der Waals surface area contributed by atoms with Crippen molar-refractivity contribution >= 4 is 40.0 Å². The van der Waals surface area contributed by atoms with Crippen molar-refractivity contribution in [2.24, 2.45) is 5.73 Å². The fourth-order valence-electron chi connectivity index (χ4n) is 1.82. The van der Waals surface area contributed by atoms with E-state index < -0.39 is 5.76 Å². The molecule has 0 aliphatic carbocycles. The Morgan fingerprint density at radius 2 is 2.26 bits per heavy atom. The van der Waals surface area contributed by atoms with Crippen LogP contribution >= 0.6 is 34.2 Å². The summed E-state index contributed by atoms with van der Waals surface area (Å²) >= 11 is 7.84. The van der Waals surface area contributed by atoms with Crippen LogP contribution in [0.4, 0.5) is 5.82 Å². The highest BCUT2D eigenvalue weighted by atomic mass is 127. The Labute approximate surface area is 147 Å². The maximum Gasteiger partial charge on any atom is 0.442 e. The zero-order chi connectivity index (χ0) is 16.4. The van der Waals surface area contributed by atoms with Gasteiger partial charge in [0.1, 0.15) is 12.0 Å². The summed E-state index contributed by atoms with van der Waals surface area (Å²) < 4.78 is 15.7. The summed E-state index contributed by atoms with van der Waals surface area (Å²) in [5, 5.41) is 14.6. The zero-order valence-corrected chi connectivity index (χ0v) is 14.3. The van der Waals surface area contributed by atoms with Crippen molar-refractivity contribution in [3.8, 4) is 11.5 Å². The van der Waals surface area contributed by atoms with Crippen LogP contribution in [-0.2, 0) is 6.54 Å². The van der Waals surface area contributed by atoms with Gasteiger partial charge in [0.2, 0.25) is 11.6 Å². The van der Waals surface area contributed by atoms with Crippen molar-refractivity contribution in [2.45, 2.75) is 10.6 Å². The number of anilines is 1. The van der Waals surface area contributed by atoms with Gasteiger partial charge in [0, 0.05) is 12.6 Å². The van der Waals surface area contributed by atoms with Crippen LogP contribution in [-0.4, -0.2) is 30.6 Å². The first kappa shape index (κ1) is 16.0. The number of hydrogen-bond donors (Lipinski definition) is 2. The predicted octanol–water partition coefficient (Wildman–Crippen LogP) is 1.31. The normalized spacial score (nSPS) is 12.5. The maximum atomic E-state index is 11.9. The standard InChI is InChI=1S/C11H10ClIN6O4/c12-5-1-6(21-4-5)3-19-10(18-22-11(19)20)8-9(17-23-16-8)15-2-7(13)14/h1,4,7H,2-3,14H2,(H,15,17). The van der Waals surface area contributed by atoms with Gasteiger partial charge in [-0.1, -0.05) is 39.3 Å². The van der Waals surface area contributed by atoms with E-state index in [9.17, 15) is 4.79 Å². The molecule has 0 fully saturated rings.